The summed E-state index contributed by atoms with van der Waals surface area (Å²) < 4.78 is 10.4. The maximum absolute atomic E-state index is 7.75. The summed E-state index contributed by atoms with van der Waals surface area (Å²) in [5, 5.41) is 3.90. The van der Waals surface area contributed by atoms with E-state index in [1.165, 1.54) is 134 Å². The molecule has 7 aromatic carbocycles. The van der Waals surface area contributed by atoms with E-state index >= 15 is 0 Å². The van der Waals surface area contributed by atoms with E-state index in [2.05, 4.69) is 235 Å². The second-order valence-corrected chi connectivity index (χ2v) is 30.4. The fourth-order valence-corrected chi connectivity index (χ4v) is 16.8. The molecule has 9 aromatic rings. The first-order valence-corrected chi connectivity index (χ1v) is 30.4. The van der Waals surface area contributed by atoms with Gasteiger partial charge < -0.3 is 9.32 Å². The molecule has 0 radical (unpaired) electrons. The van der Waals surface area contributed by atoms with Crippen LogP contribution in [0.5, 0.6) is 0 Å². The number of fused-ring (bicyclic) bond motifs is 12. The molecule has 2 aliphatic heterocycles. The minimum absolute atomic E-state index is 0.00123. The van der Waals surface area contributed by atoms with Crippen molar-refractivity contribution in [2.45, 2.75) is 181 Å². The van der Waals surface area contributed by atoms with Crippen molar-refractivity contribution in [2.24, 2.45) is 5.92 Å². The monoisotopic (exact) mass is 1040 g/mol. The molecule has 3 nitrogen and oxygen atoms in total. The van der Waals surface area contributed by atoms with Crippen LogP contribution in [0.3, 0.4) is 0 Å². The third-order valence-electron chi connectivity index (χ3n) is 20.6. The molecule has 0 amide bonds. The van der Waals surface area contributed by atoms with Crippen molar-refractivity contribution in [3.8, 4) is 11.1 Å². The van der Waals surface area contributed by atoms with E-state index in [4.69, 9.17) is 4.42 Å². The normalized spacial score (nSPS) is 20.1. The maximum atomic E-state index is 7.75. The van der Waals surface area contributed by atoms with E-state index in [0.29, 0.717) is 11.8 Å². The Balaban J connectivity index is 1.16. The first kappa shape index (κ1) is 50.2. The van der Waals surface area contributed by atoms with Crippen molar-refractivity contribution in [3.05, 3.63) is 160 Å². The first-order valence-electron chi connectivity index (χ1n) is 29.6. The SMILES string of the molecule is CC(C)C1CCC(C)(C)c2cc3oc4c(c3cc21)B1c2cc3c(cc2N(c2ccc5c(c2)C(C)(C)CCC5(C)C)c2cc(-c5cccc6c5sc5ccccc56)cc(c21)N4c1ccc(C(C)(C)C)cc1)C(C)(C)CCC3(C)C. The molecule has 4 heterocycles. The van der Waals surface area contributed by atoms with Gasteiger partial charge in [0.25, 0.3) is 6.71 Å². The highest BCUT2D eigenvalue weighted by Gasteiger charge is 2.50. The zero-order valence-electron chi connectivity index (χ0n) is 49.2. The van der Waals surface area contributed by atoms with Gasteiger partial charge in [0.15, 0.2) is 0 Å². The number of benzene rings is 7. The summed E-state index contributed by atoms with van der Waals surface area (Å²) in [4.78, 5) is 5.28. The third-order valence-corrected chi connectivity index (χ3v) is 21.9. The first-order chi connectivity index (χ1) is 36.8. The Labute approximate surface area is 469 Å². The van der Waals surface area contributed by atoms with Crippen LogP contribution >= 0.6 is 11.3 Å². The molecule has 1 unspecified atom stereocenters. The Morgan fingerprint density at radius 3 is 1.82 bits per heavy atom. The Morgan fingerprint density at radius 1 is 0.538 bits per heavy atom. The third kappa shape index (κ3) is 7.27. The summed E-state index contributed by atoms with van der Waals surface area (Å²) in [6.07, 6.45) is 7.02. The van der Waals surface area contributed by atoms with Gasteiger partial charge in [0.2, 0.25) is 5.88 Å². The minimum Gasteiger partial charge on any atom is -0.440 e. The lowest BCUT2D eigenvalue weighted by atomic mass is 9.33. The van der Waals surface area contributed by atoms with Crippen LogP contribution in [0.2, 0.25) is 0 Å². The molecular weight excluding hydrogens is 964 g/mol. The van der Waals surface area contributed by atoms with Crippen molar-refractivity contribution >= 4 is 99.9 Å². The molecular formula is C73H79BN2OS. The average Bonchev–Trinajstić information content (AvgIpc) is 4.04. The topological polar surface area (TPSA) is 19.6 Å². The van der Waals surface area contributed by atoms with Gasteiger partial charge in [-0.25, -0.2) is 0 Å². The van der Waals surface area contributed by atoms with Crippen molar-refractivity contribution in [2.75, 3.05) is 9.80 Å². The molecule has 5 aliphatic rings. The Kier molecular flexibility index (Phi) is 10.6. The number of hydrogen-bond acceptors (Lipinski definition) is 4. The van der Waals surface area contributed by atoms with Gasteiger partial charge in [0.05, 0.1) is 0 Å². The van der Waals surface area contributed by atoms with Gasteiger partial charge in [-0.3, -0.25) is 4.90 Å². The summed E-state index contributed by atoms with van der Waals surface area (Å²) in [5.74, 6) is 1.96. The highest BCUT2D eigenvalue weighted by Crippen LogP contribution is 2.55. The van der Waals surface area contributed by atoms with Gasteiger partial charge in [-0.2, -0.15) is 0 Å². The summed E-state index contributed by atoms with van der Waals surface area (Å²) in [5.41, 5.74) is 24.1. The number of rotatable bonds is 4. The molecule has 0 N–H and O–H groups in total. The summed E-state index contributed by atoms with van der Waals surface area (Å²) in [7, 11) is 0. The van der Waals surface area contributed by atoms with Gasteiger partial charge >= 0.3 is 0 Å². The molecule has 78 heavy (non-hydrogen) atoms. The van der Waals surface area contributed by atoms with E-state index in [9.17, 15) is 0 Å². The van der Waals surface area contributed by atoms with Crippen LogP contribution in [0.1, 0.15) is 187 Å². The van der Waals surface area contributed by atoms with Gasteiger partial charge in [0, 0.05) is 59.5 Å². The van der Waals surface area contributed by atoms with Crippen LogP contribution in [0.4, 0.5) is 34.3 Å². The molecule has 5 heteroatoms. The smallest absolute Gasteiger partial charge is 0.257 e. The van der Waals surface area contributed by atoms with Gasteiger partial charge in [0.1, 0.15) is 5.58 Å². The molecule has 0 bridgehead atoms. The lowest BCUT2D eigenvalue weighted by Crippen LogP contribution is -2.61. The van der Waals surface area contributed by atoms with Gasteiger partial charge in [-0.05, 0) is 205 Å². The molecule has 0 spiro atoms. The highest BCUT2D eigenvalue weighted by atomic mass is 32.1. The predicted molar refractivity (Wildman–Crippen MR) is 338 cm³/mol. The number of thiophene rings is 1. The standard InChI is InChI=1S/C73H79BN2OS/c1-42(2)47-29-30-69(6,7)54-41-62-52(38-51(47)54)64-67(77-62)76(45-25-23-44(24-26-45)68(3,4)5)61-36-43(48-20-18-21-50-49-19-16-17-22-63(49)78-66(48)50)35-60-65(61)74(64)58-39-56-57(73(14,15)34-33-72(56,12)13)40-59(58)75(60)46-27-28-53-55(37-46)71(10,11)32-31-70(53,8)9/h16-28,35-42,47H,29-34H2,1-15H3. The minimum atomic E-state index is -0.0944. The Bertz CT molecular complexity index is 4000. The number of anilines is 6. The molecule has 0 fully saturated rings. The van der Waals surface area contributed by atoms with Crippen LogP contribution < -0.4 is 26.2 Å². The van der Waals surface area contributed by atoms with Crippen molar-refractivity contribution < 1.29 is 4.42 Å². The van der Waals surface area contributed by atoms with Crippen LogP contribution in [-0.4, -0.2) is 6.71 Å². The maximum Gasteiger partial charge on any atom is 0.257 e. The average molecular weight is 1040 g/mol. The molecule has 2 aromatic heterocycles. The Morgan fingerprint density at radius 2 is 1.14 bits per heavy atom. The number of nitrogens with zero attached hydrogens (tertiary/aromatic N) is 2. The zero-order valence-corrected chi connectivity index (χ0v) is 50.0. The van der Waals surface area contributed by atoms with E-state index < -0.39 is 0 Å². The Hall–Kier alpha value is -6.04. The van der Waals surface area contributed by atoms with E-state index in [0.717, 1.165) is 36.4 Å². The summed E-state index contributed by atoms with van der Waals surface area (Å²) in [6, 6.07) is 48.7. The summed E-state index contributed by atoms with van der Waals surface area (Å²) >= 11 is 1.92. The van der Waals surface area contributed by atoms with E-state index in [1.54, 1.807) is 0 Å². The molecule has 0 saturated carbocycles. The second-order valence-electron chi connectivity index (χ2n) is 29.4. The number of hydrogen-bond donors (Lipinski definition) is 0. The van der Waals surface area contributed by atoms with Crippen molar-refractivity contribution in [1.82, 2.24) is 0 Å². The van der Waals surface area contributed by atoms with Gasteiger partial charge in [-0.1, -0.05) is 165 Å². The lowest BCUT2D eigenvalue weighted by molar-refractivity contribution is 0.332. The quantitative estimate of drug-likeness (QED) is 0.164. The molecule has 14 rings (SSSR count). The van der Waals surface area contributed by atoms with Crippen LogP contribution in [0.25, 0.3) is 42.3 Å². The van der Waals surface area contributed by atoms with Crippen LogP contribution in [0, 0.1) is 5.92 Å². The van der Waals surface area contributed by atoms with Crippen LogP contribution in [-0.2, 0) is 32.5 Å². The molecule has 396 valence electrons. The second kappa shape index (κ2) is 16.5. The largest absolute Gasteiger partial charge is 0.440 e. The van der Waals surface area contributed by atoms with Crippen LogP contribution in [0.15, 0.2) is 126 Å². The van der Waals surface area contributed by atoms with E-state index in [-0.39, 0.29) is 39.2 Å². The fourth-order valence-electron chi connectivity index (χ4n) is 15.5. The fraction of sp³-hybridized carbons (Fsp3) is 0.397. The predicted octanol–water partition coefficient (Wildman–Crippen LogP) is 19.4. The summed E-state index contributed by atoms with van der Waals surface area (Å²) in [6.45, 7) is 36.6. The van der Waals surface area contributed by atoms with Crippen molar-refractivity contribution in [3.63, 3.8) is 0 Å². The molecule has 3 aliphatic carbocycles. The molecule has 1 atom stereocenters. The molecule has 0 saturated heterocycles. The number of furan rings is 1. The van der Waals surface area contributed by atoms with Crippen molar-refractivity contribution in [1.29, 1.82) is 0 Å². The van der Waals surface area contributed by atoms with E-state index in [1.807, 2.05) is 11.3 Å². The highest BCUT2D eigenvalue weighted by molar-refractivity contribution is 7.26. The van der Waals surface area contributed by atoms with Gasteiger partial charge in [-0.15, -0.1) is 11.3 Å². The lowest BCUT2D eigenvalue weighted by Gasteiger charge is -2.47. The zero-order chi connectivity index (χ0) is 54.5.